The Hall–Kier alpha value is -2.51. The molecule has 23 heavy (non-hydrogen) atoms. The van der Waals surface area contributed by atoms with E-state index in [1.807, 2.05) is 44.2 Å². The second-order valence-electron chi connectivity index (χ2n) is 6.07. The fourth-order valence-electron chi connectivity index (χ4n) is 1.98. The van der Waals surface area contributed by atoms with Crippen LogP contribution in [0.25, 0.3) is 0 Å². The summed E-state index contributed by atoms with van der Waals surface area (Å²) in [4.78, 5) is 0. The summed E-state index contributed by atoms with van der Waals surface area (Å²) < 4.78 is 19.0. The Balaban J connectivity index is 2.00. The molecule has 4 heteroatoms. The number of benzene rings is 2. The third kappa shape index (κ3) is 5.01. The summed E-state index contributed by atoms with van der Waals surface area (Å²) in [5, 5.41) is 0. The normalized spacial score (nSPS) is 10.9. The van der Waals surface area contributed by atoms with Crippen molar-refractivity contribution in [2.75, 3.05) is 18.1 Å². The molecule has 0 saturated carbocycles. The summed E-state index contributed by atoms with van der Waals surface area (Å²) >= 11 is 0. The van der Waals surface area contributed by atoms with E-state index in [1.54, 1.807) is 0 Å². The number of rotatable bonds is 4. The first-order valence-corrected chi connectivity index (χ1v) is 7.37. The molecule has 4 N–H and O–H groups in total. The van der Waals surface area contributed by atoms with Gasteiger partial charge in [0.25, 0.3) is 0 Å². The molecule has 0 spiro atoms. The summed E-state index contributed by atoms with van der Waals surface area (Å²) in [5.41, 5.74) is 12.9. The van der Waals surface area contributed by atoms with Gasteiger partial charge in [0.15, 0.2) is 0 Å². The maximum absolute atomic E-state index is 13.3. The van der Waals surface area contributed by atoms with E-state index in [-0.39, 0.29) is 16.8 Å². The van der Waals surface area contributed by atoms with Crippen LogP contribution in [-0.2, 0) is 11.3 Å². The molecule has 0 saturated heterocycles. The van der Waals surface area contributed by atoms with Crippen molar-refractivity contribution in [1.82, 2.24) is 0 Å². The van der Waals surface area contributed by atoms with Gasteiger partial charge in [0.1, 0.15) is 5.82 Å². The Morgan fingerprint density at radius 3 is 2.48 bits per heavy atom. The van der Waals surface area contributed by atoms with Gasteiger partial charge >= 0.3 is 0 Å². The van der Waals surface area contributed by atoms with E-state index < -0.39 is 5.82 Å². The molecule has 2 aromatic carbocycles. The molecule has 0 amide bonds. The lowest BCUT2D eigenvalue weighted by molar-refractivity contribution is 0.0753. The van der Waals surface area contributed by atoms with Gasteiger partial charge in [-0.05, 0) is 25.5 Å². The lowest BCUT2D eigenvalue weighted by Crippen LogP contribution is -2.17. The minimum atomic E-state index is -0.529. The fourth-order valence-corrected chi connectivity index (χ4v) is 1.98. The van der Waals surface area contributed by atoms with E-state index in [9.17, 15) is 4.39 Å². The Morgan fingerprint density at radius 1 is 1.09 bits per heavy atom. The molecule has 0 fully saturated rings. The molecule has 3 nitrogen and oxygen atoms in total. The summed E-state index contributed by atoms with van der Waals surface area (Å²) in [6.07, 6.45) is 0. The summed E-state index contributed by atoms with van der Waals surface area (Å²) in [6, 6.07) is 12.6. The van der Waals surface area contributed by atoms with Gasteiger partial charge in [-0.3, -0.25) is 0 Å². The van der Waals surface area contributed by atoms with Gasteiger partial charge in [-0.25, -0.2) is 4.39 Å². The predicted octanol–water partition coefficient (Wildman–Crippen LogP) is 3.58. The first-order chi connectivity index (χ1) is 10.9. The van der Waals surface area contributed by atoms with Crippen LogP contribution in [0.15, 0.2) is 42.5 Å². The second-order valence-corrected chi connectivity index (χ2v) is 6.07. The Bertz CT molecular complexity index is 730. The molecule has 120 valence electrons. The van der Waals surface area contributed by atoms with E-state index in [0.717, 1.165) is 5.56 Å². The van der Waals surface area contributed by atoms with Gasteiger partial charge in [-0.1, -0.05) is 42.2 Å². The molecule has 2 aromatic rings. The monoisotopic (exact) mass is 312 g/mol. The highest BCUT2D eigenvalue weighted by atomic mass is 19.1. The average molecular weight is 312 g/mol. The van der Waals surface area contributed by atoms with Gasteiger partial charge < -0.3 is 16.2 Å². The van der Waals surface area contributed by atoms with Crippen LogP contribution in [0.5, 0.6) is 0 Å². The standard InChI is InChI=1S/C19H21FN2O/c1-19(2,13-23-12-14-6-4-3-5-7-14)9-8-15-10-18(22)16(20)11-17(15)21/h3-7,10-11H,12-13,21-22H2,1-2H3. The van der Waals surface area contributed by atoms with Gasteiger partial charge in [0.2, 0.25) is 0 Å². The topological polar surface area (TPSA) is 61.3 Å². The Labute approximate surface area is 136 Å². The van der Waals surface area contributed by atoms with Crippen LogP contribution in [0.2, 0.25) is 0 Å². The highest BCUT2D eigenvalue weighted by molar-refractivity contribution is 5.62. The molecule has 0 aliphatic heterocycles. The highest BCUT2D eigenvalue weighted by Crippen LogP contribution is 2.20. The van der Waals surface area contributed by atoms with Crippen molar-refractivity contribution in [1.29, 1.82) is 0 Å². The van der Waals surface area contributed by atoms with Crippen LogP contribution in [0.4, 0.5) is 15.8 Å². The molecular weight excluding hydrogens is 291 g/mol. The lowest BCUT2D eigenvalue weighted by atomic mass is 9.95. The molecule has 0 atom stereocenters. The Morgan fingerprint density at radius 2 is 1.78 bits per heavy atom. The van der Waals surface area contributed by atoms with Gasteiger partial charge in [-0.2, -0.15) is 0 Å². The number of nitrogens with two attached hydrogens (primary N) is 2. The molecule has 0 unspecified atom stereocenters. The van der Waals surface area contributed by atoms with Crippen LogP contribution in [0, 0.1) is 23.1 Å². The van der Waals surface area contributed by atoms with Crippen molar-refractivity contribution in [2.45, 2.75) is 20.5 Å². The van der Waals surface area contributed by atoms with E-state index in [2.05, 4.69) is 11.8 Å². The van der Waals surface area contributed by atoms with Crippen molar-refractivity contribution < 1.29 is 9.13 Å². The number of nitrogen functional groups attached to an aromatic ring is 2. The van der Waals surface area contributed by atoms with Crippen LogP contribution in [-0.4, -0.2) is 6.61 Å². The molecule has 0 aromatic heterocycles. The third-order valence-corrected chi connectivity index (χ3v) is 3.28. The van der Waals surface area contributed by atoms with Crippen molar-refractivity contribution in [3.05, 3.63) is 59.4 Å². The van der Waals surface area contributed by atoms with Gasteiger partial charge in [0.05, 0.1) is 24.6 Å². The molecule has 2 rings (SSSR count). The number of hydrogen-bond acceptors (Lipinski definition) is 3. The predicted molar refractivity (Wildman–Crippen MR) is 92.0 cm³/mol. The minimum absolute atomic E-state index is 0.0432. The maximum atomic E-state index is 13.3. The number of anilines is 2. The zero-order valence-corrected chi connectivity index (χ0v) is 13.4. The third-order valence-electron chi connectivity index (χ3n) is 3.28. The quantitative estimate of drug-likeness (QED) is 0.670. The lowest BCUT2D eigenvalue weighted by Gasteiger charge is -2.17. The second kappa shape index (κ2) is 7.17. The van der Waals surface area contributed by atoms with Gasteiger partial charge in [0, 0.05) is 17.0 Å². The summed E-state index contributed by atoms with van der Waals surface area (Å²) in [7, 11) is 0. The summed E-state index contributed by atoms with van der Waals surface area (Å²) in [6.45, 7) is 4.98. The van der Waals surface area contributed by atoms with Crippen molar-refractivity contribution >= 4 is 11.4 Å². The van der Waals surface area contributed by atoms with Crippen LogP contribution < -0.4 is 11.5 Å². The molecular formula is C19H21FN2O. The maximum Gasteiger partial charge on any atom is 0.148 e. The number of hydrogen-bond donors (Lipinski definition) is 2. The first kappa shape index (κ1) is 16.9. The first-order valence-electron chi connectivity index (χ1n) is 7.37. The van der Waals surface area contributed by atoms with E-state index in [0.29, 0.717) is 18.8 Å². The van der Waals surface area contributed by atoms with Crippen LogP contribution >= 0.6 is 0 Å². The van der Waals surface area contributed by atoms with Crippen molar-refractivity contribution in [2.24, 2.45) is 5.41 Å². The van der Waals surface area contributed by atoms with Gasteiger partial charge in [-0.15, -0.1) is 0 Å². The largest absolute Gasteiger partial charge is 0.398 e. The van der Waals surface area contributed by atoms with Crippen molar-refractivity contribution in [3.8, 4) is 11.8 Å². The average Bonchev–Trinajstić information content (AvgIpc) is 2.50. The fraction of sp³-hybridized carbons (Fsp3) is 0.263. The molecule has 0 heterocycles. The zero-order valence-electron chi connectivity index (χ0n) is 13.4. The number of halogens is 1. The Kier molecular flexibility index (Phi) is 5.25. The van der Waals surface area contributed by atoms with Crippen molar-refractivity contribution in [3.63, 3.8) is 0 Å². The molecule has 0 aliphatic carbocycles. The molecule has 0 radical (unpaired) electrons. The van der Waals surface area contributed by atoms with E-state index in [4.69, 9.17) is 16.2 Å². The minimum Gasteiger partial charge on any atom is -0.398 e. The smallest absolute Gasteiger partial charge is 0.148 e. The molecule has 0 bridgehead atoms. The highest BCUT2D eigenvalue weighted by Gasteiger charge is 2.15. The number of ether oxygens (including phenoxy) is 1. The van der Waals surface area contributed by atoms with E-state index in [1.165, 1.54) is 12.1 Å². The molecule has 0 aliphatic rings. The van der Waals surface area contributed by atoms with Crippen LogP contribution in [0.3, 0.4) is 0 Å². The van der Waals surface area contributed by atoms with E-state index >= 15 is 0 Å². The van der Waals surface area contributed by atoms with Crippen LogP contribution in [0.1, 0.15) is 25.0 Å². The SMILES string of the molecule is CC(C)(C#Cc1cc(N)c(F)cc1N)COCc1ccccc1. The summed E-state index contributed by atoms with van der Waals surface area (Å²) in [5.74, 6) is 5.56. The zero-order chi connectivity index (χ0) is 16.9.